The maximum atomic E-state index is 14.0. The van der Waals surface area contributed by atoms with Gasteiger partial charge in [0.25, 0.3) is 0 Å². The van der Waals surface area contributed by atoms with E-state index in [4.69, 9.17) is 4.74 Å². The fraction of sp³-hybridized carbons (Fsp3) is 0.630. The van der Waals surface area contributed by atoms with E-state index in [1.165, 1.54) is 12.0 Å². The van der Waals surface area contributed by atoms with Gasteiger partial charge in [0.05, 0.1) is 7.11 Å². The van der Waals surface area contributed by atoms with Gasteiger partial charge < -0.3 is 25.0 Å². The summed E-state index contributed by atoms with van der Waals surface area (Å²) in [5, 5.41) is 5.32. The summed E-state index contributed by atoms with van der Waals surface area (Å²) < 4.78 is 10.0. The summed E-state index contributed by atoms with van der Waals surface area (Å²) in [6.07, 6.45) is -0.0937. The Morgan fingerprint density at radius 3 is 2.11 bits per heavy atom. The van der Waals surface area contributed by atoms with Crippen molar-refractivity contribution in [2.45, 2.75) is 92.5 Å². The Kier molecular flexibility index (Phi) is 11.4. The Bertz CT molecular complexity index is 938. The predicted octanol–water partition coefficient (Wildman–Crippen LogP) is 3.81. The molecule has 9 heteroatoms. The Morgan fingerprint density at radius 1 is 1.03 bits per heavy atom. The molecule has 0 aliphatic carbocycles. The average Bonchev–Trinajstić information content (AvgIpc) is 2.78. The van der Waals surface area contributed by atoms with Crippen LogP contribution in [0.25, 0.3) is 0 Å². The Labute approximate surface area is 215 Å². The highest BCUT2D eigenvalue weighted by atomic mass is 16.6. The lowest BCUT2D eigenvalue weighted by molar-refractivity contribution is -0.146. The van der Waals surface area contributed by atoms with Crippen molar-refractivity contribution in [3.8, 4) is 0 Å². The zero-order valence-corrected chi connectivity index (χ0v) is 23.4. The van der Waals surface area contributed by atoms with E-state index in [0.29, 0.717) is 12.0 Å². The number of nitrogens with zero attached hydrogens (tertiary/aromatic N) is 1. The number of alkyl carbamates (subject to hydrolysis) is 1. The molecular formula is C27H43N3O6. The molecule has 0 fully saturated rings. The Balaban J connectivity index is 3.53. The number of esters is 1. The molecule has 1 aromatic carbocycles. The lowest BCUT2D eigenvalue weighted by Gasteiger charge is -2.38. The molecule has 1 rings (SSSR count). The first-order valence-electron chi connectivity index (χ1n) is 12.4. The van der Waals surface area contributed by atoms with Crippen LogP contribution in [0.5, 0.6) is 0 Å². The summed E-state index contributed by atoms with van der Waals surface area (Å²) in [5.41, 5.74) is 1.86. The molecule has 3 amide bonds. The van der Waals surface area contributed by atoms with E-state index < -0.39 is 47.6 Å². The van der Waals surface area contributed by atoms with E-state index in [2.05, 4.69) is 15.4 Å². The van der Waals surface area contributed by atoms with Crippen LogP contribution in [0.4, 0.5) is 4.79 Å². The molecule has 0 aliphatic heterocycles. The average molecular weight is 506 g/mol. The lowest BCUT2D eigenvalue weighted by Crippen LogP contribution is -2.57. The first-order chi connectivity index (χ1) is 16.6. The van der Waals surface area contributed by atoms with Crippen molar-refractivity contribution < 1.29 is 28.7 Å². The number of carbonyl (C=O) groups excluding carboxylic acids is 4. The minimum atomic E-state index is -1.03. The number of benzene rings is 1. The second kappa shape index (κ2) is 13.3. The second-order valence-electron chi connectivity index (χ2n) is 10.4. The number of nitrogens with one attached hydrogen (secondary N) is 2. The molecule has 0 bridgehead atoms. The van der Waals surface area contributed by atoms with Crippen molar-refractivity contribution in [1.82, 2.24) is 15.5 Å². The maximum Gasteiger partial charge on any atom is 0.408 e. The van der Waals surface area contributed by atoms with Gasteiger partial charge in [-0.2, -0.15) is 0 Å². The summed E-state index contributed by atoms with van der Waals surface area (Å²) in [6.45, 7) is 16.2. The fourth-order valence-electron chi connectivity index (χ4n) is 3.66. The monoisotopic (exact) mass is 505 g/mol. The topological polar surface area (TPSA) is 114 Å². The van der Waals surface area contributed by atoms with Gasteiger partial charge in [0, 0.05) is 6.04 Å². The van der Waals surface area contributed by atoms with Gasteiger partial charge in [0.1, 0.15) is 24.2 Å². The number of hydrogen-bond acceptors (Lipinski definition) is 6. The van der Waals surface area contributed by atoms with Gasteiger partial charge in [-0.05, 0) is 71.1 Å². The summed E-state index contributed by atoms with van der Waals surface area (Å²) in [4.78, 5) is 53.3. The number of amides is 3. The van der Waals surface area contributed by atoms with Crippen molar-refractivity contribution in [1.29, 1.82) is 0 Å². The predicted molar refractivity (Wildman–Crippen MR) is 138 cm³/mol. The highest BCUT2D eigenvalue weighted by molar-refractivity contribution is 5.93. The molecule has 1 aromatic rings. The quantitative estimate of drug-likeness (QED) is 0.468. The number of rotatable bonds is 10. The molecule has 0 saturated carbocycles. The first kappa shape index (κ1) is 30.9. The van der Waals surface area contributed by atoms with E-state index in [9.17, 15) is 19.2 Å². The van der Waals surface area contributed by atoms with Crippen molar-refractivity contribution in [2.75, 3.05) is 13.7 Å². The maximum absolute atomic E-state index is 14.0. The van der Waals surface area contributed by atoms with E-state index in [1.807, 2.05) is 39.8 Å². The van der Waals surface area contributed by atoms with Gasteiger partial charge in [0.2, 0.25) is 11.8 Å². The smallest absolute Gasteiger partial charge is 0.408 e. The van der Waals surface area contributed by atoms with Gasteiger partial charge in [-0.25, -0.2) is 4.79 Å². The molecule has 0 spiro atoms. The van der Waals surface area contributed by atoms with Gasteiger partial charge in [-0.3, -0.25) is 14.4 Å². The molecule has 2 N–H and O–H groups in total. The molecule has 0 aromatic heterocycles. The lowest BCUT2D eigenvalue weighted by atomic mass is 9.94. The number of ether oxygens (including phenoxy) is 2. The summed E-state index contributed by atoms with van der Waals surface area (Å²) in [7, 11) is 1.23. The van der Waals surface area contributed by atoms with Crippen LogP contribution in [-0.2, 0) is 23.9 Å². The molecule has 0 saturated heterocycles. The number of aryl methyl sites for hydroxylation is 2. The molecule has 3 unspecified atom stereocenters. The Morgan fingerprint density at radius 2 is 1.64 bits per heavy atom. The molecule has 36 heavy (non-hydrogen) atoms. The van der Waals surface area contributed by atoms with Crippen LogP contribution >= 0.6 is 0 Å². The SMILES string of the molecule is CCC(C)C(NC(=O)OC(C)(C)C)C(=O)N(C(C)C)C(C(=O)NCC(=O)OC)c1ccc(C)c(C)c1. The van der Waals surface area contributed by atoms with Crippen LogP contribution < -0.4 is 10.6 Å². The largest absolute Gasteiger partial charge is 0.468 e. The highest BCUT2D eigenvalue weighted by Crippen LogP contribution is 2.28. The number of carbonyl (C=O) groups is 4. The fourth-order valence-corrected chi connectivity index (χ4v) is 3.66. The summed E-state index contributed by atoms with van der Waals surface area (Å²) in [6, 6.07) is 3.19. The number of methoxy groups -OCH3 is 1. The molecule has 0 radical (unpaired) electrons. The van der Waals surface area contributed by atoms with Crippen LogP contribution in [0, 0.1) is 19.8 Å². The van der Waals surface area contributed by atoms with Crippen LogP contribution in [0.15, 0.2) is 18.2 Å². The molecule has 0 aliphatic rings. The van der Waals surface area contributed by atoms with E-state index in [-0.39, 0.29) is 12.5 Å². The molecular weight excluding hydrogens is 462 g/mol. The highest BCUT2D eigenvalue weighted by Gasteiger charge is 2.39. The third kappa shape index (κ3) is 8.84. The second-order valence-corrected chi connectivity index (χ2v) is 10.4. The van der Waals surface area contributed by atoms with Crippen molar-refractivity contribution in [3.63, 3.8) is 0 Å². The van der Waals surface area contributed by atoms with Crippen LogP contribution in [0.2, 0.25) is 0 Å². The molecule has 202 valence electrons. The molecule has 9 nitrogen and oxygen atoms in total. The summed E-state index contributed by atoms with van der Waals surface area (Å²) in [5.74, 6) is -1.77. The minimum absolute atomic E-state index is 0.232. The Hall–Kier alpha value is -3.10. The van der Waals surface area contributed by atoms with E-state index in [0.717, 1.165) is 11.1 Å². The van der Waals surface area contributed by atoms with E-state index in [1.54, 1.807) is 40.7 Å². The molecule has 3 atom stereocenters. The van der Waals surface area contributed by atoms with Gasteiger partial charge in [-0.1, -0.05) is 38.5 Å². The zero-order chi connectivity index (χ0) is 27.8. The van der Waals surface area contributed by atoms with E-state index >= 15 is 0 Å². The van der Waals surface area contributed by atoms with Crippen molar-refractivity contribution >= 4 is 23.9 Å². The van der Waals surface area contributed by atoms with Crippen LogP contribution in [0.1, 0.15) is 77.6 Å². The van der Waals surface area contributed by atoms with Crippen molar-refractivity contribution in [2.24, 2.45) is 5.92 Å². The first-order valence-corrected chi connectivity index (χ1v) is 12.4. The molecule has 0 heterocycles. The number of hydrogen-bond donors (Lipinski definition) is 2. The standard InChI is InChI=1S/C27H43N3O6/c1-11-17(4)22(29-26(34)36-27(7,8)9)25(33)30(16(2)3)23(24(32)28-15-21(31)35-10)20-13-12-18(5)19(6)14-20/h12-14,16-17,22-23H,11,15H2,1-10H3,(H,28,32)(H,29,34). The third-order valence-corrected chi connectivity index (χ3v) is 5.97. The normalized spacial score (nSPS) is 13.9. The van der Waals surface area contributed by atoms with Crippen LogP contribution in [-0.4, -0.2) is 60.1 Å². The third-order valence-electron chi connectivity index (χ3n) is 5.97. The summed E-state index contributed by atoms with van der Waals surface area (Å²) >= 11 is 0. The minimum Gasteiger partial charge on any atom is -0.468 e. The zero-order valence-electron chi connectivity index (χ0n) is 23.4. The van der Waals surface area contributed by atoms with Gasteiger partial charge >= 0.3 is 12.1 Å². The van der Waals surface area contributed by atoms with Gasteiger partial charge in [0.15, 0.2) is 0 Å². The van der Waals surface area contributed by atoms with Crippen molar-refractivity contribution in [3.05, 3.63) is 34.9 Å². The van der Waals surface area contributed by atoms with Gasteiger partial charge in [-0.15, -0.1) is 0 Å². The van der Waals surface area contributed by atoms with Crippen LogP contribution in [0.3, 0.4) is 0 Å².